The highest BCUT2D eigenvalue weighted by Gasteiger charge is 2.56. The zero-order valence-electron chi connectivity index (χ0n) is 15.4. The van der Waals surface area contributed by atoms with Gasteiger partial charge in [-0.25, -0.2) is 0 Å². The van der Waals surface area contributed by atoms with Gasteiger partial charge in [0, 0.05) is 33.8 Å². The van der Waals surface area contributed by atoms with Gasteiger partial charge in [0.1, 0.15) is 0 Å². The van der Waals surface area contributed by atoms with Crippen molar-refractivity contribution in [3.05, 3.63) is 0 Å². The first-order chi connectivity index (χ1) is 11.6. The van der Waals surface area contributed by atoms with Crippen LogP contribution in [0.2, 0.25) is 6.04 Å². The maximum Gasteiger partial charge on any atom is 0.500 e. The number of hydrogen-bond donors (Lipinski definition) is 0. The van der Waals surface area contributed by atoms with E-state index < -0.39 is 27.3 Å². The monoisotopic (exact) mass is 394 g/mol. The molecule has 0 bridgehead atoms. The molecule has 0 atom stereocenters. The molecular formula is C16H31F5O3Si. The molecule has 0 rings (SSSR count). The van der Waals surface area contributed by atoms with Crippen molar-refractivity contribution in [2.45, 2.75) is 82.4 Å². The summed E-state index contributed by atoms with van der Waals surface area (Å²) in [5.41, 5.74) is 0. The fourth-order valence-electron chi connectivity index (χ4n) is 2.62. The maximum absolute atomic E-state index is 12.7. The van der Waals surface area contributed by atoms with Gasteiger partial charge in [0.2, 0.25) is 0 Å². The molecule has 152 valence electrons. The van der Waals surface area contributed by atoms with Crippen LogP contribution >= 0.6 is 0 Å². The Morgan fingerprint density at radius 1 is 0.600 bits per heavy atom. The second-order valence-electron chi connectivity index (χ2n) is 6.18. The Morgan fingerprint density at radius 3 is 1.32 bits per heavy atom. The standard InChI is InChI=1S/C16H31F5O3Si/c1-22-25(23-2,24-3)14-12-10-8-6-4-5-7-9-11-13-15(17,18)16(19,20)21/h4-14H2,1-3H3. The van der Waals surface area contributed by atoms with Crippen LogP contribution in [0.15, 0.2) is 0 Å². The molecule has 0 aromatic rings. The molecule has 0 aromatic carbocycles. The smallest absolute Gasteiger partial charge is 0.377 e. The van der Waals surface area contributed by atoms with Crippen LogP contribution < -0.4 is 0 Å². The van der Waals surface area contributed by atoms with Gasteiger partial charge in [0.15, 0.2) is 0 Å². The molecule has 0 unspecified atom stereocenters. The van der Waals surface area contributed by atoms with E-state index in [4.69, 9.17) is 13.3 Å². The van der Waals surface area contributed by atoms with Gasteiger partial charge in [-0.3, -0.25) is 0 Å². The summed E-state index contributed by atoms with van der Waals surface area (Å²) in [7, 11) is 2.28. The van der Waals surface area contributed by atoms with Crippen LogP contribution in [-0.4, -0.2) is 42.2 Å². The van der Waals surface area contributed by atoms with Crippen LogP contribution in [0.1, 0.15) is 64.2 Å². The largest absolute Gasteiger partial charge is 0.500 e. The first-order valence-corrected chi connectivity index (χ1v) is 10.7. The molecule has 0 aliphatic rings. The molecule has 0 fully saturated rings. The predicted molar refractivity (Wildman–Crippen MR) is 88.8 cm³/mol. The molecule has 3 nitrogen and oxygen atoms in total. The maximum atomic E-state index is 12.7. The summed E-state index contributed by atoms with van der Waals surface area (Å²) in [5.74, 6) is -4.56. The minimum absolute atomic E-state index is 0.0930. The lowest BCUT2D eigenvalue weighted by atomic mass is 10.0. The lowest BCUT2D eigenvalue weighted by molar-refractivity contribution is -0.284. The van der Waals surface area contributed by atoms with Crippen molar-refractivity contribution in [1.29, 1.82) is 0 Å². The molecule has 0 aliphatic carbocycles. The van der Waals surface area contributed by atoms with Gasteiger partial charge in [0.25, 0.3) is 0 Å². The van der Waals surface area contributed by atoms with Crippen molar-refractivity contribution >= 4 is 8.80 Å². The number of rotatable bonds is 15. The van der Waals surface area contributed by atoms with Gasteiger partial charge in [-0.2, -0.15) is 22.0 Å². The Morgan fingerprint density at radius 2 is 0.960 bits per heavy atom. The van der Waals surface area contributed by atoms with Crippen molar-refractivity contribution < 1.29 is 35.2 Å². The second kappa shape index (κ2) is 12.2. The first-order valence-electron chi connectivity index (χ1n) is 8.74. The average molecular weight is 394 g/mol. The minimum Gasteiger partial charge on any atom is -0.377 e. The Hall–Kier alpha value is -0.253. The quantitative estimate of drug-likeness (QED) is 0.195. The lowest BCUT2D eigenvalue weighted by Gasteiger charge is -2.24. The van der Waals surface area contributed by atoms with Gasteiger partial charge < -0.3 is 13.3 Å². The van der Waals surface area contributed by atoms with E-state index in [1.807, 2.05) is 0 Å². The summed E-state index contributed by atoms with van der Waals surface area (Å²) >= 11 is 0. The molecule has 0 radical (unpaired) electrons. The van der Waals surface area contributed by atoms with E-state index in [0.29, 0.717) is 12.8 Å². The fourth-order valence-corrected chi connectivity index (χ4v) is 4.42. The Balaban J connectivity index is 3.54. The molecule has 0 saturated carbocycles. The highest BCUT2D eigenvalue weighted by Crippen LogP contribution is 2.39. The molecule has 0 saturated heterocycles. The van der Waals surface area contributed by atoms with Crippen molar-refractivity contribution in [3.8, 4) is 0 Å². The van der Waals surface area contributed by atoms with E-state index in [0.717, 1.165) is 44.6 Å². The summed E-state index contributed by atoms with van der Waals surface area (Å²) in [6, 6.07) is 0.768. The van der Waals surface area contributed by atoms with E-state index in [1.54, 1.807) is 21.3 Å². The predicted octanol–water partition coefficient (Wildman–Crippen LogP) is 5.96. The van der Waals surface area contributed by atoms with Crippen molar-refractivity contribution in [1.82, 2.24) is 0 Å². The molecule has 0 aromatic heterocycles. The van der Waals surface area contributed by atoms with E-state index in [2.05, 4.69) is 0 Å². The summed E-state index contributed by atoms with van der Waals surface area (Å²) in [6.07, 6.45) is 0.371. The Bertz CT molecular complexity index is 318. The topological polar surface area (TPSA) is 27.7 Å². The molecule has 0 spiro atoms. The van der Waals surface area contributed by atoms with E-state index >= 15 is 0 Å². The van der Waals surface area contributed by atoms with Gasteiger partial charge in [-0.05, 0) is 12.8 Å². The highest BCUT2D eigenvalue weighted by atomic mass is 28.4. The number of hydrogen-bond acceptors (Lipinski definition) is 3. The molecule has 0 heterocycles. The van der Waals surface area contributed by atoms with Crippen LogP contribution in [0.3, 0.4) is 0 Å². The minimum atomic E-state index is -5.43. The van der Waals surface area contributed by atoms with Gasteiger partial charge in [-0.1, -0.05) is 44.9 Å². The Labute approximate surface area is 148 Å². The van der Waals surface area contributed by atoms with E-state index in [-0.39, 0.29) is 6.42 Å². The molecule has 9 heteroatoms. The molecule has 0 N–H and O–H groups in total. The van der Waals surface area contributed by atoms with Crippen LogP contribution in [0, 0.1) is 0 Å². The zero-order chi connectivity index (χ0) is 19.4. The molecular weight excluding hydrogens is 363 g/mol. The third-order valence-corrected chi connectivity index (χ3v) is 7.15. The van der Waals surface area contributed by atoms with Gasteiger partial charge in [0.05, 0.1) is 0 Å². The summed E-state index contributed by atoms with van der Waals surface area (Å²) in [6.45, 7) is 0. The molecule has 25 heavy (non-hydrogen) atoms. The third kappa shape index (κ3) is 9.86. The summed E-state index contributed by atoms with van der Waals surface area (Å²) in [4.78, 5) is 0. The number of halogens is 5. The van der Waals surface area contributed by atoms with Crippen LogP contribution in [0.5, 0.6) is 0 Å². The second-order valence-corrected chi connectivity index (χ2v) is 9.27. The van der Waals surface area contributed by atoms with Crippen LogP contribution in [-0.2, 0) is 13.3 Å². The third-order valence-electron chi connectivity index (χ3n) is 4.32. The van der Waals surface area contributed by atoms with E-state index in [9.17, 15) is 22.0 Å². The lowest BCUT2D eigenvalue weighted by Crippen LogP contribution is -2.42. The van der Waals surface area contributed by atoms with E-state index in [1.165, 1.54) is 0 Å². The summed E-state index contributed by atoms with van der Waals surface area (Å²) in [5, 5.41) is 0. The SMILES string of the molecule is CO[Si](CCCCCCCCCCCC(F)(F)C(F)(F)F)(OC)OC. The zero-order valence-corrected chi connectivity index (χ0v) is 16.4. The van der Waals surface area contributed by atoms with Crippen molar-refractivity contribution in [2.24, 2.45) is 0 Å². The van der Waals surface area contributed by atoms with Gasteiger partial charge >= 0.3 is 20.9 Å². The Kier molecular flexibility index (Phi) is 12.1. The fraction of sp³-hybridized carbons (Fsp3) is 1.00. The van der Waals surface area contributed by atoms with Crippen LogP contribution in [0.25, 0.3) is 0 Å². The number of alkyl halides is 5. The van der Waals surface area contributed by atoms with Gasteiger partial charge in [-0.15, -0.1) is 0 Å². The first kappa shape index (κ1) is 24.7. The average Bonchev–Trinajstić information content (AvgIpc) is 2.55. The normalized spacial score (nSPS) is 13.4. The van der Waals surface area contributed by atoms with Crippen molar-refractivity contribution in [2.75, 3.05) is 21.3 Å². The van der Waals surface area contributed by atoms with Crippen LogP contribution in [0.4, 0.5) is 22.0 Å². The molecule has 0 amide bonds. The number of unbranched alkanes of at least 4 members (excludes halogenated alkanes) is 8. The summed E-state index contributed by atoms with van der Waals surface area (Å²) < 4.78 is 77.3. The molecule has 0 aliphatic heterocycles. The van der Waals surface area contributed by atoms with Crippen molar-refractivity contribution in [3.63, 3.8) is 0 Å². The highest BCUT2D eigenvalue weighted by molar-refractivity contribution is 6.60.